The zero-order valence-corrected chi connectivity index (χ0v) is 15.6. The summed E-state index contributed by atoms with van der Waals surface area (Å²) >= 11 is 4.05. The van der Waals surface area contributed by atoms with Gasteiger partial charge in [0.2, 0.25) is 0 Å². The van der Waals surface area contributed by atoms with Crippen LogP contribution in [0.4, 0.5) is 11.5 Å². The number of carbonyl (C=O) groups is 1. The van der Waals surface area contributed by atoms with E-state index in [4.69, 9.17) is 0 Å². The van der Waals surface area contributed by atoms with Crippen molar-refractivity contribution < 1.29 is 4.79 Å². The minimum atomic E-state index is 0.0308. The van der Waals surface area contributed by atoms with Crippen LogP contribution in [-0.2, 0) is 6.42 Å². The van der Waals surface area contributed by atoms with E-state index in [2.05, 4.69) is 16.4 Å². The lowest BCUT2D eigenvalue weighted by Gasteiger charge is -2.21. The summed E-state index contributed by atoms with van der Waals surface area (Å²) in [5, 5.41) is 4.04. The SMILES string of the molecule is O=C(c1ccc(NCC2CSCCS2)nc1)N1CCc2ccccc21. The summed E-state index contributed by atoms with van der Waals surface area (Å²) in [5.74, 6) is 4.56. The van der Waals surface area contributed by atoms with Gasteiger partial charge in [0, 0.05) is 47.5 Å². The third-order valence-corrected chi connectivity index (χ3v) is 7.38. The van der Waals surface area contributed by atoms with Crippen molar-refractivity contribution in [2.75, 3.05) is 40.6 Å². The molecule has 6 heteroatoms. The molecule has 1 N–H and O–H groups in total. The predicted octanol–water partition coefficient (Wildman–Crippen LogP) is 3.55. The Balaban J connectivity index is 1.39. The number of carbonyl (C=O) groups excluding carboxylic acids is 1. The number of nitrogens with zero attached hydrogens (tertiary/aromatic N) is 2. The number of amides is 1. The molecule has 2 aliphatic rings. The van der Waals surface area contributed by atoms with Crippen LogP contribution >= 0.6 is 23.5 Å². The molecule has 0 radical (unpaired) electrons. The van der Waals surface area contributed by atoms with Gasteiger partial charge in [-0.15, -0.1) is 0 Å². The number of benzene rings is 1. The highest BCUT2D eigenvalue weighted by atomic mass is 32.2. The number of aromatic nitrogens is 1. The predicted molar refractivity (Wildman–Crippen MR) is 108 cm³/mol. The lowest BCUT2D eigenvalue weighted by molar-refractivity contribution is 0.0989. The lowest BCUT2D eigenvalue weighted by atomic mass is 10.2. The summed E-state index contributed by atoms with van der Waals surface area (Å²) in [6.07, 6.45) is 2.61. The van der Waals surface area contributed by atoms with Gasteiger partial charge in [-0.3, -0.25) is 4.79 Å². The van der Waals surface area contributed by atoms with Crippen molar-refractivity contribution in [3.63, 3.8) is 0 Å². The second kappa shape index (κ2) is 7.70. The number of para-hydroxylation sites is 1. The van der Waals surface area contributed by atoms with Gasteiger partial charge in [-0.05, 0) is 30.2 Å². The fourth-order valence-electron chi connectivity index (χ4n) is 3.20. The first kappa shape index (κ1) is 16.8. The third kappa shape index (κ3) is 3.80. The van der Waals surface area contributed by atoms with Crippen LogP contribution in [0.5, 0.6) is 0 Å². The molecule has 1 aromatic heterocycles. The Labute approximate surface area is 156 Å². The summed E-state index contributed by atoms with van der Waals surface area (Å²) < 4.78 is 0. The van der Waals surface area contributed by atoms with Crippen LogP contribution in [0.3, 0.4) is 0 Å². The largest absolute Gasteiger partial charge is 0.369 e. The molecule has 0 spiro atoms. The molecule has 1 amide bonds. The van der Waals surface area contributed by atoms with E-state index in [1.165, 1.54) is 22.8 Å². The zero-order valence-electron chi connectivity index (χ0n) is 14.0. The first-order chi connectivity index (χ1) is 12.3. The van der Waals surface area contributed by atoms with Crippen molar-refractivity contribution in [1.29, 1.82) is 0 Å². The minimum Gasteiger partial charge on any atom is -0.369 e. The van der Waals surface area contributed by atoms with E-state index in [1.54, 1.807) is 6.20 Å². The number of thioether (sulfide) groups is 2. The Kier molecular flexibility index (Phi) is 5.17. The molecule has 1 fully saturated rings. The molecule has 4 rings (SSSR count). The van der Waals surface area contributed by atoms with E-state index < -0.39 is 0 Å². The topological polar surface area (TPSA) is 45.2 Å². The quantitative estimate of drug-likeness (QED) is 0.891. The van der Waals surface area contributed by atoms with E-state index in [-0.39, 0.29) is 5.91 Å². The number of hydrogen-bond acceptors (Lipinski definition) is 5. The molecular weight excluding hydrogens is 350 g/mol. The van der Waals surface area contributed by atoms with Crippen LogP contribution in [-0.4, -0.2) is 46.5 Å². The first-order valence-electron chi connectivity index (χ1n) is 8.60. The maximum atomic E-state index is 12.8. The fraction of sp³-hybridized carbons (Fsp3) is 0.368. The Morgan fingerprint density at radius 1 is 1.24 bits per heavy atom. The van der Waals surface area contributed by atoms with E-state index in [0.29, 0.717) is 10.8 Å². The zero-order chi connectivity index (χ0) is 17.1. The number of nitrogens with one attached hydrogen (secondary N) is 1. The van der Waals surface area contributed by atoms with Gasteiger partial charge in [0.05, 0.1) is 5.56 Å². The second-order valence-corrected chi connectivity index (χ2v) is 8.77. The van der Waals surface area contributed by atoms with Gasteiger partial charge in [-0.25, -0.2) is 4.98 Å². The van der Waals surface area contributed by atoms with E-state index in [9.17, 15) is 4.79 Å². The number of fused-ring (bicyclic) bond motifs is 1. The smallest absolute Gasteiger partial charge is 0.259 e. The molecule has 25 heavy (non-hydrogen) atoms. The molecule has 0 saturated carbocycles. The third-order valence-electron chi connectivity index (χ3n) is 4.54. The van der Waals surface area contributed by atoms with Gasteiger partial charge >= 0.3 is 0 Å². The molecular formula is C19H21N3OS2. The first-order valence-corrected chi connectivity index (χ1v) is 10.8. The van der Waals surface area contributed by atoms with Crippen LogP contribution in [0.15, 0.2) is 42.6 Å². The Hall–Kier alpha value is -1.66. The standard InChI is InChI=1S/C19H21N3OS2/c23-19(22-8-7-14-3-1-2-4-17(14)22)15-5-6-18(20-11-15)21-12-16-13-24-9-10-25-16/h1-6,11,16H,7-10,12-13H2,(H,20,21). The van der Waals surface area contributed by atoms with Crippen molar-refractivity contribution >= 4 is 40.9 Å². The molecule has 1 aromatic carbocycles. The van der Waals surface area contributed by atoms with Crippen molar-refractivity contribution in [3.05, 3.63) is 53.7 Å². The van der Waals surface area contributed by atoms with Crippen molar-refractivity contribution in [2.45, 2.75) is 11.7 Å². The van der Waals surface area contributed by atoms with Crippen molar-refractivity contribution in [3.8, 4) is 0 Å². The molecule has 3 heterocycles. The number of hydrogen-bond donors (Lipinski definition) is 1. The maximum Gasteiger partial charge on any atom is 0.259 e. The average molecular weight is 372 g/mol. The summed E-state index contributed by atoms with van der Waals surface area (Å²) in [5.41, 5.74) is 2.91. The van der Waals surface area contributed by atoms with Crippen LogP contribution in [0.25, 0.3) is 0 Å². The molecule has 1 unspecified atom stereocenters. The summed E-state index contributed by atoms with van der Waals surface area (Å²) in [4.78, 5) is 19.1. The average Bonchev–Trinajstić information content (AvgIpc) is 3.11. The molecule has 4 nitrogen and oxygen atoms in total. The Morgan fingerprint density at radius 2 is 2.16 bits per heavy atom. The Bertz CT molecular complexity index is 745. The second-order valence-electron chi connectivity index (χ2n) is 6.22. The Morgan fingerprint density at radius 3 is 2.96 bits per heavy atom. The summed E-state index contributed by atoms with van der Waals surface area (Å²) in [7, 11) is 0. The van der Waals surface area contributed by atoms with Gasteiger partial charge in [0.25, 0.3) is 5.91 Å². The molecule has 0 aliphatic carbocycles. The van der Waals surface area contributed by atoms with Crippen molar-refractivity contribution in [1.82, 2.24) is 4.98 Å². The van der Waals surface area contributed by atoms with Gasteiger partial charge in [-0.1, -0.05) is 18.2 Å². The van der Waals surface area contributed by atoms with Gasteiger partial charge in [-0.2, -0.15) is 23.5 Å². The summed E-state index contributed by atoms with van der Waals surface area (Å²) in [6.45, 7) is 1.67. The monoisotopic (exact) mass is 371 g/mol. The van der Waals surface area contributed by atoms with Gasteiger partial charge in [0.1, 0.15) is 5.82 Å². The molecule has 2 aromatic rings. The molecule has 2 aliphatic heterocycles. The highest BCUT2D eigenvalue weighted by Gasteiger charge is 2.25. The normalized spacial score (nSPS) is 19.5. The fourth-order valence-corrected chi connectivity index (χ4v) is 5.81. The van der Waals surface area contributed by atoms with Crippen molar-refractivity contribution in [2.24, 2.45) is 0 Å². The minimum absolute atomic E-state index is 0.0308. The van der Waals surface area contributed by atoms with Gasteiger partial charge in [0.15, 0.2) is 0 Å². The number of anilines is 2. The van der Waals surface area contributed by atoms with E-state index in [0.717, 1.165) is 31.0 Å². The highest BCUT2D eigenvalue weighted by molar-refractivity contribution is 8.06. The highest BCUT2D eigenvalue weighted by Crippen LogP contribution is 2.29. The van der Waals surface area contributed by atoms with Gasteiger partial charge < -0.3 is 10.2 Å². The molecule has 0 bridgehead atoms. The van der Waals surface area contributed by atoms with Crippen LogP contribution in [0.2, 0.25) is 0 Å². The molecule has 1 saturated heterocycles. The number of pyridine rings is 1. The molecule has 130 valence electrons. The maximum absolute atomic E-state index is 12.8. The summed E-state index contributed by atoms with van der Waals surface area (Å²) in [6, 6.07) is 11.9. The van der Waals surface area contributed by atoms with Crippen LogP contribution < -0.4 is 10.2 Å². The molecule has 1 atom stereocenters. The lowest BCUT2D eigenvalue weighted by Crippen LogP contribution is -2.29. The van der Waals surface area contributed by atoms with E-state index >= 15 is 0 Å². The van der Waals surface area contributed by atoms with Crippen LogP contribution in [0, 0.1) is 0 Å². The number of rotatable bonds is 4. The van der Waals surface area contributed by atoms with Crippen LogP contribution in [0.1, 0.15) is 15.9 Å². The van der Waals surface area contributed by atoms with E-state index in [1.807, 2.05) is 58.8 Å².